The van der Waals surface area contributed by atoms with Gasteiger partial charge in [-0.05, 0) is 44.5 Å². The molecule has 0 bridgehead atoms. The van der Waals surface area contributed by atoms with Crippen LogP contribution in [0.4, 0.5) is 19.0 Å². The lowest BCUT2D eigenvalue weighted by Gasteiger charge is -2.37. The van der Waals surface area contributed by atoms with Gasteiger partial charge in [-0.15, -0.1) is 13.2 Å². The van der Waals surface area contributed by atoms with Crippen molar-refractivity contribution in [1.29, 1.82) is 0 Å². The molecule has 0 saturated carbocycles. The van der Waals surface area contributed by atoms with E-state index in [4.69, 9.17) is 0 Å². The Morgan fingerprint density at radius 2 is 1.91 bits per heavy atom. The van der Waals surface area contributed by atoms with Crippen molar-refractivity contribution in [2.45, 2.75) is 39.1 Å². The third kappa shape index (κ3) is 4.50. The lowest BCUT2D eigenvalue weighted by molar-refractivity contribution is -0.274. The van der Waals surface area contributed by atoms with Gasteiger partial charge in [-0.1, -0.05) is 13.8 Å². The van der Waals surface area contributed by atoms with E-state index in [2.05, 4.69) is 26.6 Å². The van der Waals surface area contributed by atoms with Crippen molar-refractivity contribution >= 4 is 5.82 Å². The Morgan fingerprint density at radius 3 is 2.52 bits per heavy atom. The highest BCUT2D eigenvalue weighted by Crippen LogP contribution is 2.32. The molecule has 2 fully saturated rings. The summed E-state index contributed by atoms with van der Waals surface area (Å²) >= 11 is 0. The third-order valence-electron chi connectivity index (χ3n) is 4.39. The lowest BCUT2D eigenvalue weighted by Crippen LogP contribution is -2.45. The fourth-order valence-electron chi connectivity index (χ4n) is 3.38. The summed E-state index contributed by atoms with van der Waals surface area (Å²) in [6.45, 7) is 6.93. The molecule has 2 atom stereocenters. The Kier molecular flexibility index (Phi) is 5.73. The minimum absolute atomic E-state index is 0.276. The molecule has 0 aliphatic carbocycles. The van der Waals surface area contributed by atoms with Crippen molar-refractivity contribution in [2.24, 2.45) is 5.92 Å². The lowest BCUT2D eigenvalue weighted by atomic mass is 9.93. The van der Waals surface area contributed by atoms with E-state index in [9.17, 15) is 13.2 Å². The maximum atomic E-state index is 12.1. The first kappa shape index (κ1) is 17.8. The Hall–Kier alpha value is -1.50. The highest BCUT2D eigenvalue weighted by molar-refractivity contribution is 5.41. The molecule has 0 amide bonds. The van der Waals surface area contributed by atoms with Crippen LogP contribution in [-0.2, 0) is 0 Å². The van der Waals surface area contributed by atoms with Crippen LogP contribution < -0.4 is 9.64 Å². The number of nitrogens with zero attached hydrogens (tertiary/aromatic N) is 3. The van der Waals surface area contributed by atoms with E-state index in [-0.39, 0.29) is 5.75 Å². The molecule has 4 nitrogen and oxygen atoms in total. The minimum atomic E-state index is -4.67. The average molecular weight is 331 g/mol. The normalized spacial score (nSPS) is 24.7. The molecule has 2 aliphatic rings. The summed E-state index contributed by atoms with van der Waals surface area (Å²) < 4.78 is 40.2. The van der Waals surface area contributed by atoms with E-state index >= 15 is 0 Å². The quantitative estimate of drug-likeness (QED) is 0.829. The zero-order valence-electron chi connectivity index (χ0n) is 13.8. The van der Waals surface area contributed by atoms with Gasteiger partial charge in [0.1, 0.15) is 11.6 Å². The molecule has 7 heteroatoms. The zero-order valence-corrected chi connectivity index (χ0v) is 13.8. The van der Waals surface area contributed by atoms with Crippen LogP contribution in [0, 0.1) is 5.92 Å². The summed E-state index contributed by atoms with van der Waals surface area (Å²) in [5.74, 6) is 1.07. The van der Waals surface area contributed by atoms with Crippen molar-refractivity contribution in [2.75, 3.05) is 31.6 Å². The van der Waals surface area contributed by atoms with Gasteiger partial charge in [0.05, 0.1) is 6.20 Å². The standard InChI is InChI=1S/C14H18F3N3O.C2H6/c1-19-6-4-10-9-20(7-5-12(10)19)13-3-2-11(8-18-13)21-14(15,16)17;1-2/h2-3,8,10,12H,4-7,9H2,1H3;1-2H3. The van der Waals surface area contributed by atoms with Gasteiger partial charge in [-0.25, -0.2) is 4.98 Å². The summed E-state index contributed by atoms with van der Waals surface area (Å²) in [4.78, 5) is 8.66. The molecule has 1 aromatic rings. The molecular formula is C16H24F3N3O. The summed E-state index contributed by atoms with van der Waals surface area (Å²) in [5, 5.41) is 0. The van der Waals surface area contributed by atoms with Gasteiger partial charge in [-0.2, -0.15) is 0 Å². The number of likely N-dealkylation sites (tertiary alicyclic amines) is 1. The molecule has 23 heavy (non-hydrogen) atoms. The highest BCUT2D eigenvalue weighted by Gasteiger charge is 2.36. The average Bonchev–Trinajstić information content (AvgIpc) is 2.89. The van der Waals surface area contributed by atoms with Gasteiger partial charge >= 0.3 is 6.36 Å². The number of hydrogen-bond donors (Lipinski definition) is 0. The van der Waals surface area contributed by atoms with Crippen LogP contribution >= 0.6 is 0 Å². The maximum absolute atomic E-state index is 12.1. The fraction of sp³-hybridized carbons (Fsp3) is 0.688. The van der Waals surface area contributed by atoms with Crippen LogP contribution in [-0.4, -0.2) is 49.0 Å². The van der Waals surface area contributed by atoms with E-state index in [1.54, 1.807) is 6.07 Å². The molecule has 130 valence electrons. The molecule has 3 heterocycles. The molecule has 2 aliphatic heterocycles. The number of anilines is 1. The van der Waals surface area contributed by atoms with Crippen LogP contribution in [0.2, 0.25) is 0 Å². The van der Waals surface area contributed by atoms with E-state index in [0.29, 0.717) is 12.0 Å². The Morgan fingerprint density at radius 1 is 1.17 bits per heavy atom. The molecule has 1 aromatic heterocycles. The van der Waals surface area contributed by atoms with Crippen LogP contribution in [0.15, 0.2) is 18.3 Å². The second kappa shape index (κ2) is 7.38. The molecular weight excluding hydrogens is 307 g/mol. The van der Waals surface area contributed by atoms with Crippen LogP contribution in [0.25, 0.3) is 0 Å². The van der Waals surface area contributed by atoms with Crippen molar-refractivity contribution in [3.05, 3.63) is 18.3 Å². The second-order valence-corrected chi connectivity index (χ2v) is 5.73. The number of halogens is 3. The number of piperidine rings is 1. The van der Waals surface area contributed by atoms with Gasteiger partial charge in [0.25, 0.3) is 0 Å². The first-order valence-corrected chi connectivity index (χ1v) is 8.09. The van der Waals surface area contributed by atoms with Crippen molar-refractivity contribution in [3.8, 4) is 5.75 Å². The van der Waals surface area contributed by atoms with Crippen molar-refractivity contribution < 1.29 is 17.9 Å². The van der Waals surface area contributed by atoms with Crippen molar-refractivity contribution in [1.82, 2.24) is 9.88 Å². The molecule has 0 radical (unpaired) electrons. The first-order chi connectivity index (χ1) is 10.9. The Bertz CT molecular complexity index is 492. The molecule has 2 saturated heterocycles. The highest BCUT2D eigenvalue weighted by atomic mass is 19.4. The third-order valence-corrected chi connectivity index (χ3v) is 4.39. The van der Waals surface area contributed by atoms with Crippen LogP contribution in [0.5, 0.6) is 5.75 Å². The summed E-state index contributed by atoms with van der Waals surface area (Å²) in [6, 6.07) is 3.55. The molecule has 3 rings (SSSR count). The molecule has 0 aromatic carbocycles. The monoisotopic (exact) mass is 331 g/mol. The number of aromatic nitrogens is 1. The molecule has 2 unspecified atom stereocenters. The van der Waals surface area contributed by atoms with E-state index in [0.717, 1.165) is 38.1 Å². The van der Waals surface area contributed by atoms with Gasteiger partial charge in [0.2, 0.25) is 0 Å². The van der Waals surface area contributed by atoms with E-state index < -0.39 is 6.36 Å². The fourth-order valence-corrected chi connectivity index (χ4v) is 3.38. The largest absolute Gasteiger partial charge is 0.573 e. The number of ether oxygens (including phenoxy) is 1. The van der Waals surface area contributed by atoms with Crippen molar-refractivity contribution in [3.63, 3.8) is 0 Å². The Balaban J connectivity index is 0.000000924. The van der Waals surface area contributed by atoms with Gasteiger partial charge in [-0.3, -0.25) is 0 Å². The smallest absolute Gasteiger partial charge is 0.404 e. The van der Waals surface area contributed by atoms with Gasteiger partial charge in [0.15, 0.2) is 0 Å². The predicted molar refractivity (Wildman–Crippen MR) is 83.6 cm³/mol. The summed E-state index contributed by atoms with van der Waals surface area (Å²) in [6.07, 6.45) is -1.29. The zero-order chi connectivity index (χ0) is 17.0. The Labute approximate surface area is 135 Å². The first-order valence-electron chi connectivity index (χ1n) is 8.09. The number of pyridine rings is 1. The number of alkyl halides is 3. The number of fused-ring (bicyclic) bond motifs is 1. The maximum Gasteiger partial charge on any atom is 0.573 e. The summed E-state index contributed by atoms with van der Waals surface area (Å²) in [7, 11) is 2.15. The predicted octanol–water partition coefficient (Wildman–Crippen LogP) is 3.54. The summed E-state index contributed by atoms with van der Waals surface area (Å²) in [5.41, 5.74) is 0. The van der Waals surface area contributed by atoms with E-state index in [1.807, 2.05) is 13.8 Å². The molecule has 0 spiro atoms. The molecule has 0 N–H and O–H groups in total. The second-order valence-electron chi connectivity index (χ2n) is 5.73. The van der Waals surface area contributed by atoms with Gasteiger partial charge < -0.3 is 14.5 Å². The SMILES string of the molecule is CC.CN1CCC2CN(c3ccc(OC(F)(F)F)cn3)CCC21. The number of rotatable bonds is 2. The van der Waals surface area contributed by atoms with Crippen LogP contribution in [0.1, 0.15) is 26.7 Å². The number of hydrogen-bond acceptors (Lipinski definition) is 4. The topological polar surface area (TPSA) is 28.6 Å². The van der Waals surface area contributed by atoms with Gasteiger partial charge in [0, 0.05) is 19.1 Å². The van der Waals surface area contributed by atoms with E-state index in [1.165, 1.54) is 12.5 Å². The minimum Gasteiger partial charge on any atom is -0.404 e. The van der Waals surface area contributed by atoms with Crippen LogP contribution in [0.3, 0.4) is 0 Å².